The molecule has 0 radical (unpaired) electrons. The van der Waals surface area contributed by atoms with Gasteiger partial charge in [-0.2, -0.15) is 0 Å². The predicted molar refractivity (Wildman–Crippen MR) is 72.0 cm³/mol. The van der Waals surface area contributed by atoms with Gasteiger partial charge in [0.25, 0.3) is 5.92 Å². The van der Waals surface area contributed by atoms with E-state index in [2.05, 4.69) is 10.0 Å². The number of hydrogen-bond acceptors (Lipinski definition) is 3. The van der Waals surface area contributed by atoms with Crippen molar-refractivity contribution in [3.05, 3.63) is 0 Å². The van der Waals surface area contributed by atoms with Gasteiger partial charge in [0.2, 0.25) is 15.9 Å². The van der Waals surface area contributed by atoms with E-state index in [1.807, 2.05) is 0 Å². The highest BCUT2D eigenvalue weighted by atomic mass is 32.2. The molecule has 0 bridgehead atoms. The van der Waals surface area contributed by atoms with Gasteiger partial charge in [-0.3, -0.25) is 4.79 Å². The number of halogens is 2. The standard InChI is InChI=1S/C12H22F2N2O3S/c1-3-15-11(17)9(2)16-20(18,19)8-10-6-4-5-7-12(10,13)14/h9-10,16H,3-8H2,1-2H3,(H,15,17)/t9-,10-/m0/s1. The lowest BCUT2D eigenvalue weighted by Gasteiger charge is -2.31. The SMILES string of the molecule is CCNC(=O)[C@H](C)NS(=O)(=O)C[C@@H]1CCCCC1(F)F. The maximum Gasteiger partial charge on any atom is 0.251 e. The van der Waals surface area contributed by atoms with Crippen molar-refractivity contribution in [2.75, 3.05) is 12.3 Å². The first-order chi connectivity index (χ1) is 9.18. The summed E-state index contributed by atoms with van der Waals surface area (Å²) in [6.07, 6.45) is 0.969. The number of carbonyl (C=O) groups excluding carboxylic acids is 1. The molecule has 1 aliphatic rings. The number of sulfonamides is 1. The Bertz CT molecular complexity index is 440. The fourth-order valence-electron chi connectivity index (χ4n) is 2.34. The third-order valence-corrected chi connectivity index (χ3v) is 4.99. The maximum atomic E-state index is 13.6. The van der Waals surface area contributed by atoms with Crippen LogP contribution in [0.5, 0.6) is 0 Å². The summed E-state index contributed by atoms with van der Waals surface area (Å²) in [5.41, 5.74) is 0. The van der Waals surface area contributed by atoms with Crippen LogP contribution in [-0.4, -0.2) is 38.6 Å². The second-order valence-corrected chi connectivity index (χ2v) is 7.02. The van der Waals surface area contributed by atoms with E-state index in [0.29, 0.717) is 19.4 Å². The summed E-state index contributed by atoms with van der Waals surface area (Å²) in [7, 11) is -3.91. The quantitative estimate of drug-likeness (QED) is 0.775. The highest BCUT2D eigenvalue weighted by Crippen LogP contribution is 2.38. The third kappa shape index (κ3) is 4.97. The van der Waals surface area contributed by atoms with E-state index < -0.39 is 39.6 Å². The molecule has 1 aliphatic carbocycles. The molecule has 0 aromatic rings. The zero-order valence-electron chi connectivity index (χ0n) is 11.8. The highest BCUT2D eigenvalue weighted by Gasteiger charge is 2.43. The summed E-state index contributed by atoms with van der Waals surface area (Å²) in [4.78, 5) is 11.5. The van der Waals surface area contributed by atoms with Crippen molar-refractivity contribution in [3.8, 4) is 0 Å². The van der Waals surface area contributed by atoms with Crippen LogP contribution in [0.3, 0.4) is 0 Å². The minimum Gasteiger partial charge on any atom is -0.355 e. The molecule has 0 unspecified atom stereocenters. The fraction of sp³-hybridized carbons (Fsp3) is 0.917. The van der Waals surface area contributed by atoms with E-state index in [1.54, 1.807) is 6.92 Å². The molecule has 2 N–H and O–H groups in total. The Kier molecular flexibility index (Phi) is 5.88. The van der Waals surface area contributed by atoms with Crippen LogP contribution in [0.1, 0.15) is 39.5 Å². The van der Waals surface area contributed by atoms with E-state index in [4.69, 9.17) is 0 Å². The molecule has 8 heteroatoms. The van der Waals surface area contributed by atoms with Crippen molar-refractivity contribution in [3.63, 3.8) is 0 Å². The van der Waals surface area contributed by atoms with E-state index >= 15 is 0 Å². The number of alkyl halides is 2. The van der Waals surface area contributed by atoms with Crippen LogP contribution in [0, 0.1) is 5.92 Å². The van der Waals surface area contributed by atoms with Gasteiger partial charge in [0.1, 0.15) is 0 Å². The number of nitrogens with one attached hydrogen (secondary N) is 2. The third-order valence-electron chi connectivity index (χ3n) is 3.43. The van der Waals surface area contributed by atoms with E-state index in [-0.39, 0.29) is 12.8 Å². The molecule has 5 nitrogen and oxygen atoms in total. The van der Waals surface area contributed by atoms with Crippen LogP contribution in [0.2, 0.25) is 0 Å². The first kappa shape index (κ1) is 17.3. The van der Waals surface area contributed by atoms with Crippen LogP contribution in [-0.2, 0) is 14.8 Å². The minimum atomic E-state index is -3.91. The van der Waals surface area contributed by atoms with Gasteiger partial charge in [0.05, 0.1) is 11.8 Å². The second kappa shape index (κ2) is 6.80. The first-order valence-electron chi connectivity index (χ1n) is 6.83. The maximum absolute atomic E-state index is 13.6. The molecule has 20 heavy (non-hydrogen) atoms. The number of carbonyl (C=O) groups is 1. The molecule has 118 valence electrons. The molecule has 1 fully saturated rings. The van der Waals surface area contributed by atoms with Crippen LogP contribution < -0.4 is 10.0 Å². The lowest BCUT2D eigenvalue weighted by molar-refractivity contribution is -0.122. The fourth-order valence-corrected chi connectivity index (χ4v) is 4.02. The zero-order chi connectivity index (χ0) is 15.4. The van der Waals surface area contributed by atoms with E-state index in [1.165, 1.54) is 6.92 Å². The number of rotatable bonds is 6. The molecular weight excluding hydrogens is 290 g/mol. The van der Waals surface area contributed by atoms with Crippen molar-refractivity contribution in [1.82, 2.24) is 10.0 Å². The van der Waals surface area contributed by atoms with Crippen molar-refractivity contribution in [2.24, 2.45) is 5.92 Å². The summed E-state index contributed by atoms with van der Waals surface area (Å²) in [5, 5.41) is 2.47. The van der Waals surface area contributed by atoms with Crippen LogP contribution >= 0.6 is 0 Å². The average Bonchev–Trinajstić information content (AvgIpc) is 2.31. The van der Waals surface area contributed by atoms with Crippen molar-refractivity contribution in [1.29, 1.82) is 0 Å². The lowest BCUT2D eigenvalue weighted by Crippen LogP contribution is -2.47. The predicted octanol–water partition coefficient (Wildman–Crippen LogP) is 1.26. The number of amides is 1. The van der Waals surface area contributed by atoms with Crippen LogP contribution in [0.25, 0.3) is 0 Å². The Morgan fingerprint density at radius 1 is 1.40 bits per heavy atom. The molecule has 0 aromatic carbocycles. The number of hydrogen-bond donors (Lipinski definition) is 2. The minimum absolute atomic E-state index is 0.198. The van der Waals surface area contributed by atoms with Crippen LogP contribution in [0.15, 0.2) is 0 Å². The Labute approximate surface area is 118 Å². The summed E-state index contributed by atoms with van der Waals surface area (Å²) in [5.74, 6) is -5.22. The van der Waals surface area contributed by atoms with Gasteiger partial charge in [-0.1, -0.05) is 6.42 Å². The molecule has 1 amide bonds. The van der Waals surface area contributed by atoms with Gasteiger partial charge in [0, 0.05) is 18.9 Å². The lowest BCUT2D eigenvalue weighted by atomic mass is 9.87. The van der Waals surface area contributed by atoms with Gasteiger partial charge in [-0.15, -0.1) is 0 Å². The summed E-state index contributed by atoms with van der Waals surface area (Å²) in [6, 6.07) is -0.961. The molecule has 1 saturated carbocycles. The molecular formula is C12H22F2N2O3S. The van der Waals surface area contributed by atoms with Crippen molar-refractivity contribution >= 4 is 15.9 Å². The van der Waals surface area contributed by atoms with Crippen molar-refractivity contribution in [2.45, 2.75) is 51.5 Å². The smallest absolute Gasteiger partial charge is 0.251 e. The second-order valence-electron chi connectivity index (χ2n) is 5.22. The first-order valence-corrected chi connectivity index (χ1v) is 8.48. The monoisotopic (exact) mass is 312 g/mol. The Morgan fingerprint density at radius 3 is 2.60 bits per heavy atom. The molecule has 1 rings (SSSR count). The molecule has 0 saturated heterocycles. The van der Waals surface area contributed by atoms with Gasteiger partial charge >= 0.3 is 0 Å². The molecule has 0 aliphatic heterocycles. The van der Waals surface area contributed by atoms with Gasteiger partial charge in [-0.25, -0.2) is 21.9 Å². The van der Waals surface area contributed by atoms with Crippen molar-refractivity contribution < 1.29 is 22.0 Å². The van der Waals surface area contributed by atoms with Gasteiger partial charge < -0.3 is 5.32 Å². The summed E-state index contributed by atoms with van der Waals surface area (Å²) < 4.78 is 53.2. The molecule has 0 heterocycles. The van der Waals surface area contributed by atoms with Gasteiger partial charge in [0.15, 0.2) is 0 Å². The Balaban J connectivity index is 2.63. The molecule has 0 aromatic heterocycles. The number of likely N-dealkylation sites (N-methyl/N-ethyl adjacent to an activating group) is 1. The van der Waals surface area contributed by atoms with E-state index in [0.717, 1.165) is 0 Å². The van der Waals surface area contributed by atoms with Crippen LogP contribution in [0.4, 0.5) is 8.78 Å². The average molecular weight is 312 g/mol. The largest absolute Gasteiger partial charge is 0.355 e. The summed E-state index contributed by atoms with van der Waals surface area (Å²) in [6.45, 7) is 3.48. The molecule has 0 spiro atoms. The molecule has 2 atom stereocenters. The normalized spacial score (nSPS) is 24.1. The highest BCUT2D eigenvalue weighted by molar-refractivity contribution is 7.89. The van der Waals surface area contributed by atoms with Gasteiger partial charge in [-0.05, 0) is 26.7 Å². The zero-order valence-corrected chi connectivity index (χ0v) is 12.6. The Hall–Kier alpha value is -0.760. The topological polar surface area (TPSA) is 75.3 Å². The Morgan fingerprint density at radius 2 is 2.05 bits per heavy atom. The van der Waals surface area contributed by atoms with E-state index in [9.17, 15) is 22.0 Å². The summed E-state index contributed by atoms with van der Waals surface area (Å²) >= 11 is 0.